The summed E-state index contributed by atoms with van der Waals surface area (Å²) >= 11 is 0. The number of allylic oxidation sites excluding steroid dienone is 4. The predicted molar refractivity (Wildman–Crippen MR) is 83.6 cm³/mol. The predicted octanol–water partition coefficient (Wildman–Crippen LogP) is 4.64. The van der Waals surface area contributed by atoms with Gasteiger partial charge in [0.25, 0.3) is 0 Å². The Morgan fingerprint density at radius 1 is 0.700 bits per heavy atom. The average Bonchev–Trinajstić information content (AvgIpc) is 2.47. The van der Waals surface area contributed by atoms with Crippen molar-refractivity contribution in [1.82, 2.24) is 0 Å². The lowest BCUT2D eigenvalue weighted by molar-refractivity contribution is -0.116. The van der Waals surface area contributed by atoms with Gasteiger partial charge in [-0.25, -0.2) is 0 Å². The molecule has 0 aliphatic heterocycles. The van der Waals surface area contributed by atoms with Crippen LogP contribution in [-0.2, 0) is 9.59 Å². The quantitative estimate of drug-likeness (QED) is 0.662. The molecule has 0 aromatic rings. The van der Waals surface area contributed by atoms with Crippen LogP contribution >= 0.6 is 0 Å². The number of hydrogen-bond acceptors (Lipinski definition) is 2. The van der Waals surface area contributed by atoms with E-state index >= 15 is 0 Å². The van der Waals surface area contributed by atoms with Crippen LogP contribution in [0.2, 0.25) is 0 Å². The first-order valence-corrected chi connectivity index (χ1v) is 7.81. The lowest BCUT2D eigenvalue weighted by Gasteiger charge is -2.34. The Hall–Kier alpha value is -1.18. The van der Waals surface area contributed by atoms with Gasteiger partial charge in [-0.3, -0.25) is 9.59 Å². The van der Waals surface area contributed by atoms with Crippen LogP contribution < -0.4 is 0 Å². The number of carbonyl (C=O) groups is 2. The highest BCUT2D eigenvalue weighted by Gasteiger charge is 2.37. The summed E-state index contributed by atoms with van der Waals surface area (Å²) in [6, 6.07) is 0. The topological polar surface area (TPSA) is 34.1 Å². The van der Waals surface area contributed by atoms with Crippen molar-refractivity contribution in [2.75, 3.05) is 0 Å². The van der Waals surface area contributed by atoms with Gasteiger partial charge in [-0.15, -0.1) is 0 Å². The molecule has 20 heavy (non-hydrogen) atoms. The van der Waals surface area contributed by atoms with Crippen molar-refractivity contribution in [3.05, 3.63) is 23.3 Å². The fourth-order valence-electron chi connectivity index (χ4n) is 2.77. The smallest absolute Gasteiger partial charge is 0.182 e. The molecule has 0 aromatic carbocycles. The van der Waals surface area contributed by atoms with E-state index in [0.717, 1.165) is 25.7 Å². The van der Waals surface area contributed by atoms with Crippen LogP contribution in [0.3, 0.4) is 0 Å². The van der Waals surface area contributed by atoms with E-state index in [-0.39, 0.29) is 22.4 Å². The molecule has 0 fully saturated rings. The van der Waals surface area contributed by atoms with Gasteiger partial charge in [0.1, 0.15) is 0 Å². The van der Waals surface area contributed by atoms with Crippen LogP contribution in [0.4, 0.5) is 0 Å². The molecule has 2 heteroatoms. The largest absolute Gasteiger partial charge is 0.290 e. The van der Waals surface area contributed by atoms with E-state index in [1.807, 2.05) is 0 Å². The second-order valence-corrected chi connectivity index (χ2v) is 6.38. The normalized spacial score (nSPS) is 17.1. The third kappa shape index (κ3) is 2.79. The molecule has 0 aromatic heterocycles. The molecule has 0 unspecified atom stereocenters. The summed E-state index contributed by atoms with van der Waals surface area (Å²) in [5.74, 6) is 0.0536. The second kappa shape index (κ2) is 6.07. The van der Waals surface area contributed by atoms with Crippen LogP contribution in [0.5, 0.6) is 0 Å². The monoisotopic (exact) mass is 276 g/mol. The third-order valence-corrected chi connectivity index (χ3v) is 5.50. The van der Waals surface area contributed by atoms with Crippen molar-refractivity contribution in [1.29, 1.82) is 0 Å². The number of carbonyl (C=O) groups excluding carboxylic acids is 2. The number of ketones is 2. The first kappa shape index (κ1) is 16.9. The van der Waals surface area contributed by atoms with Crippen LogP contribution in [0, 0.1) is 10.8 Å². The van der Waals surface area contributed by atoms with Crippen molar-refractivity contribution in [3.63, 3.8) is 0 Å². The Labute approximate surface area is 123 Å². The van der Waals surface area contributed by atoms with Crippen molar-refractivity contribution in [2.45, 2.75) is 67.2 Å². The highest BCUT2D eigenvalue weighted by molar-refractivity contribution is 6.20. The van der Waals surface area contributed by atoms with Gasteiger partial charge in [0.15, 0.2) is 11.6 Å². The van der Waals surface area contributed by atoms with Crippen molar-refractivity contribution in [3.8, 4) is 0 Å². The molecule has 1 aliphatic carbocycles. The van der Waals surface area contributed by atoms with Crippen molar-refractivity contribution in [2.24, 2.45) is 10.8 Å². The summed E-state index contributed by atoms with van der Waals surface area (Å²) in [7, 11) is 0. The van der Waals surface area contributed by atoms with E-state index in [0.29, 0.717) is 11.1 Å². The lowest BCUT2D eigenvalue weighted by atomic mass is 9.68. The molecule has 112 valence electrons. The molecule has 0 heterocycles. The van der Waals surface area contributed by atoms with E-state index in [1.54, 1.807) is 12.2 Å². The van der Waals surface area contributed by atoms with Gasteiger partial charge in [0.2, 0.25) is 0 Å². The van der Waals surface area contributed by atoms with Crippen molar-refractivity contribution >= 4 is 11.6 Å². The summed E-state index contributed by atoms with van der Waals surface area (Å²) in [6.45, 7) is 12.4. The molecular formula is C18H28O2. The zero-order valence-electron chi connectivity index (χ0n) is 13.8. The molecule has 0 bridgehead atoms. The van der Waals surface area contributed by atoms with Crippen molar-refractivity contribution < 1.29 is 9.59 Å². The van der Waals surface area contributed by atoms with Gasteiger partial charge in [0, 0.05) is 11.1 Å². The fourth-order valence-corrected chi connectivity index (χ4v) is 2.77. The van der Waals surface area contributed by atoms with Crippen LogP contribution in [0.1, 0.15) is 67.2 Å². The Bertz CT molecular complexity index is 414. The maximum atomic E-state index is 12.5. The Kier molecular flexibility index (Phi) is 5.12. The standard InChI is InChI=1S/C18H28O2/c1-7-17(5,8-2)13-11-16(20)14(12-15(13)19)18(6,9-3)10-4/h11-12H,7-10H2,1-6H3. The van der Waals surface area contributed by atoms with Crippen LogP contribution in [0.25, 0.3) is 0 Å². The molecule has 0 N–H and O–H groups in total. The summed E-state index contributed by atoms with van der Waals surface area (Å²) < 4.78 is 0. The summed E-state index contributed by atoms with van der Waals surface area (Å²) in [5.41, 5.74) is 0.990. The van der Waals surface area contributed by atoms with Gasteiger partial charge in [-0.1, -0.05) is 41.5 Å². The summed E-state index contributed by atoms with van der Waals surface area (Å²) in [4.78, 5) is 25.0. The molecule has 0 saturated carbocycles. The van der Waals surface area contributed by atoms with Crippen LogP contribution in [0.15, 0.2) is 23.3 Å². The van der Waals surface area contributed by atoms with E-state index in [1.165, 1.54) is 0 Å². The fraction of sp³-hybridized carbons (Fsp3) is 0.667. The zero-order chi connectivity index (χ0) is 15.6. The first-order valence-electron chi connectivity index (χ1n) is 7.81. The van der Waals surface area contributed by atoms with Gasteiger partial charge in [-0.2, -0.15) is 0 Å². The van der Waals surface area contributed by atoms with Gasteiger partial charge in [0.05, 0.1) is 0 Å². The minimum atomic E-state index is -0.191. The average molecular weight is 276 g/mol. The second-order valence-electron chi connectivity index (χ2n) is 6.38. The molecule has 1 aliphatic rings. The lowest BCUT2D eigenvalue weighted by Crippen LogP contribution is -2.31. The maximum absolute atomic E-state index is 12.5. The number of rotatable bonds is 6. The molecule has 0 saturated heterocycles. The van der Waals surface area contributed by atoms with E-state index in [4.69, 9.17) is 0 Å². The summed E-state index contributed by atoms with van der Waals surface area (Å²) in [6.07, 6.45) is 6.70. The van der Waals surface area contributed by atoms with E-state index < -0.39 is 0 Å². The SMILES string of the molecule is CCC(C)(CC)C1=CC(=O)C(C(C)(CC)CC)=CC1=O. The minimum Gasteiger partial charge on any atom is -0.290 e. The molecule has 0 atom stereocenters. The van der Waals surface area contributed by atoms with E-state index in [2.05, 4.69) is 41.5 Å². The van der Waals surface area contributed by atoms with Gasteiger partial charge < -0.3 is 0 Å². The molecule has 1 rings (SSSR count). The molecule has 0 radical (unpaired) electrons. The first-order chi connectivity index (χ1) is 9.27. The molecule has 0 spiro atoms. The third-order valence-electron chi connectivity index (χ3n) is 5.50. The molecular weight excluding hydrogens is 248 g/mol. The Balaban J connectivity index is 3.22. The minimum absolute atomic E-state index is 0.0268. The molecule has 2 nitrogen and oxygen atoms in total. The summed E-state index contributed by atoms with van der Waals surface area (Å²) in [5, 5.41) is 0. The molecule has 0 amide bonds. The highest BCUT2D eigenvalue weighted by atomic mass is 16.1. The number of hydrogen-bond donors (Lipinski definition) is 0. The van der Waals surface area contributed by atoms with Gasteiger partial charge in [-0.05, 0) is 48.7 Å². The highest BCUT2D eigenvalue weighted by Crippen LogP contribution is 2.41. The van der Waals surface area contributed by atoms with Crippen LogP contribution in [-0.4, -0.2) is 11.6 Å². The Morgan fingerprint density at radius 3 is 1.15 bits per heavy atom. The van der Waals surface area contributed by atoms with Gasteiger partial charge >= 0.3 is 0 Å². The Morgan fingerprint density at radius 2 is 0.950 bits per heavy atom. The van der Waals surface area contributed by atoms with E-state index in [9.17, 15) is 9.59 Å². The maximum Gasteiger partial charge on any atom is 0.182 e. The zero-order valence-corrected chi connectivity index (χ0v) is 13.8.